The lowest BCUT2D eigenvalue weighted by Gasteiger charge is -2.34. The fourth-order valence-electron chi connectivity index (χ4n) is 2.43. The van der Waals surface area contributed by atoms with Crippen LogP contribution in [-0.4, -0.2) is 58.1 Å². The molecule has 7 heteroatoms. The molecule has 1 rings (SSSR count). The second-order valence-corrected chi connectivity index (χ2v) is 6.44. The van der Waals surface area contributed by atoms with Crippen LogP contribution in [0, 0.1) is 11.8 Å². The maximum absolute atomic E-state index is 12.1. The number of carboxylic acid groups (broad SMARTS) is 2. The van der Waals surface area contributed by atoms with Crippen molar-refractivity contribution in [2.45, 2.75) is 39.2 Å². The first-order valence-electron chi connectivity index (χ1n) is 7.10. The molecule has 1 fully saturated rings. The summed E-state index contributed by atoms with van der Waals surface area (Å²) in [7, 11) is 0. The van der Waals surface area contributed by atoms with E-state index in [1.54, 1.807) is 0 Å². The summed E-state index contributed by atoms with van der Waals surface area (Å²) >= 11 is 0. The van der Waals surface area contributed by atoms with Gasteiger partial charge in [0.25, 0.3) is 0 Å². The minimum absolute atomic E-state index is 0.0271. The van der Waals surface area contributed by atoms with Crippen LogP contribution >= 0.6 is 0 Å². The quantitative estimate of drug-likeness (QED) is 0.678. The van der Waals surface area contributed by atoms with Gasteiger partial charge in [0.15, 0.2) is 0 Å². The summed E-state index contributed by atoms with van der Waals surface area (Å²) < 4.78 is 0. The monoisotopic (exact) mass is 300 g/mol. The SMILES string of the molecule is CC(C)(C)NCCC(=O)N1CCC(C(=O)O)C(C(=O)O)C1. The van der Waals surface area contributed by atoms with E-state index in [-0.39, 0.29) is 30.8 Å². The highest BCUT2D eigenvalue weighted by molar-refractivity contribution is 5.82. The number of nitrogens with one attached hydrogen (secondary N) is 1. The van der Waals surface area contributed by atoms with E-state index in [0.29, 0.717) is 13.1 Å². The van der Waals surface area contributed by atoms with Crippen molar-refractivity contribution in [3.63, 3.8) is 0 Å². The molecule has 0 aromatic rings. The number of aliphatic carboxylic acids is 2. The average Bonchev–Trinajstić information content (AvgIpc) is 2.36. The van der Waals surface area contributed by atoms with Crippen LogP contribution in [0.2, 0.25) is 0 Å². The van der Waals surface area contributed by atoms with Crippen LogP contribution in [0.5, 0.6) is 0 Å². The minimum atomic E-state index is -1.16. The summed E-state index contributed by atoms with van der Waals surface area (Å²) in [4.78, 5) is 35.8. The van der Waals surface area contributed by atoms with E-state index in [1.165, 1.54) is 4.90 Å². The Morgan fingerprint density at radius 2 is 1.71 bits per heavy atom. The molecule has 2 atom stereocenters. The first-order valence-corrected chi connectivity index (χ1v) is 7.10. The number of carbonyl (C=O) groups is 3. The second kappa shape index (κ2) is 6.89. The van der Waals surface area contributed by atoms with Crippen molar-refractivity contribution in [2.75, 3.05) is 19.6 Å². The Balaban J connectivity index is 2.55. The van der Waals surface area contributed by atoms with E-state index < -0.39 is 23.8 Å². The zero-order chi connectivity index (χ0) is 16.2. The topological polar surface area (TPSA) is 107 Å². The van der Waals surface area contributed by atoms with Crippen molar-refractivity contribution in [3.05, 3.63) is 0 Å². The van der Waals surface area contributed by atoms with Gasteiger partial charge in [0.1, 0.15) is 0 Å². The van der Waals surface area contributed by atoms with Crippen LogP contribution in [-0.2, 0) is 14.4 Å². The number of amides is 1. The van der Waals surface area contributed by atoms with E-state index >= 15 is 0 Å². The zero-order valence-electron chi connectivity index (χ0n) is 12.8. The van der Waals surface area contributed by atoms with Gasteiger partial charge in [-0.15, -0.1) is 0 Å². The molecule has 0 aromatic heterocycles. The molecule has 21 heavy (non-hydrogen) atoms. The van der Waals surface area contributed by atoms with Gasteiger partial charge in [-0.05, 0) is 27.2 Å². The van der Waals surface area contributed by atoms with E-state index in [9.17, 15) is 14.4 Å². The third kappa shape index (κ3) is 5.34. The van der Waals surface area contributed by atoms with Crippen LogP contribution in [0.1, 0.15) is 33.6 Å². The molecule has 7 nitrogen and oxygen atoms in total. The molecule has 0 spiro atoms. The summed E-state index contributed by atoms with van der Waals surface area (Å²) in [5.41, 5.74) is -0.0832. The van der Waals surface area contributed by atoms with Gasteiger partial charge < -0.3 is 20.4 Å². The molecule has 0 bridgehead atoms. The average molecular weight is 300 g/mol. The van der Waals surface area contributed by atoms with Crippen molar-refractivity contribution in [1.29, 1.82) is 0 Å². The highest BCUT2D eigenvalue weighted by Gasteiger charge is 2.39. The standard InChI is InChI=1S/C14H24N2O5/c1-14(2,3)15-6-4-11(17)16-7-5-9(12(18)19)10(8-16)13(20)21/h9-10,15H,4-8H2,1-3H3,(H,18,19)(H,20,21). The Kier molecular flexibility index (Phi) is 5.71. The third-order valence-electron chi connectivity index (χ3n) is 3.59. The molecule has 120 valence electrons. The van der Waals surface area contributed by atoms with Gasteiger partial charge in [0, 0.05) is 31.6 Å². The Bertz CT molecular complexity index is 416. The molecule has 0 aliphatic carbocycles. The molecule has 0 radical (unpaired) electrons. The molecular formula is C14H24N2O5. The van der Waals surface area contributed by atoms with Crippen LogP contribution < -0.4 is 5.32 Å². The van der Waals surface area contributed by atoms with Crippen molar-refractivity contribution in [3.8, 4) is 0 Å². The number of carbonyl (C=O) groups excluding carboxylic acids is 1. The van der Waals surface area contributed by atoms with Gasteiger partial charge in [-0.2, -0.15) is 0 Å². The molecule has 0 aromatic carbocycles. The van der Waals surface area contributed by atoms with E-state index in [1.807, 2.05) is 20.8 Å². The fourth-order valence-corrected chi connectivity index (χ4v) is 2.43. The lowest BCUT2D eigenvalue weighted by atomic mass is 9.85. The van der Waals surface area contributed by atoms with E-state index in [0.717, 1.165) is 0 Å². The number of rotatable bonds is 5. The molecular weight excluding hydrogens is 276 g/mol. The Labute approximate surface area is 124 Å². The van der Waals surface area contributed by atoms with Crippen LogP contribution in [0.25, 0.3) is 0 Å². The van der Waals surface area contributed by atoms with Crippen molar-refractivity contribution in [1.82, 2.24) is 10.2 Å². The van der Waals surface area contributed by atoms with Gasteiger partial charge in [-0.25, -0.2) is 0 Å². The maximum atomic E-state index is 12.1. The number of hydrogen-bond acceptors (Lipinski definition) is 4. The van der Waals surface area contributed by atoms with Crippen LogP contribution in [0.3, 0.4) is 0 Å². The molecule has 0 saturated carbocycles. The summed E-state index contributed by atoms with van der Waals surface area (Å²) in [5.74, 6) is -4.35. The highest BCUT2D eigenvalue weighted by atomic mass is 16.4. The Morgan fingerprint density at radius 1 is 1.14 bits per heavy atom. The normalized spacial score (nSPS) is 22.9. The van der Waals surface area contributed by atoms with Crippen molar-refractivity contribution < 1.29 is 24.6 Å². The van der Waals surface area contributed by atoms with Crippen molar-refractivity contribution in [2.24, 2.45) is 11.8 Å². The van der Waals surface area contributed by atoms with Crippen molar-refractivity contribution >= 4 is 17.8 Å². The summed E-state index contributed by atoms with van der Waals surface area (Å²) in [6, 6.07) is 0. The fraction of sp³-hybridized carbons (Fsp3) is 0.786. The van der Waals surface area contributed by atoms with Gasteiger partial charge in [-0.3, -0.25) is 14.4 Å². The number of hydrogen-bond donors (Lipinski definition) is 3. The molecule has 1 amide bonds. The molecule has 2 unspecified atom stereocenters. The van der Waals surface area contributed by atoms with E-state index in [2.05, 4.69) is 5.32 Å². The predicted octanol–water partition coefficient (Wildman–Crippen LogP) is 0.399. The summed E-state index contributed by atoms with van der Waals surface area (Å²) in [6.07, 6.45) is 0.464. The number of carboxylic acids is 2. The lowest BCUT2D eigenvalue weighted by molar-refractivity contribution is -0.159. The zero-order valence-corrected chi connectivity index (χ0v) is 12.8. The highest BCUT2D eigenvalue weighted by Crippen LogP contribution is 2.24. The Morgan fingerprint density at radius 3 is 2.19 bits per heavy atom. The van der Waals surface area contributed by atoms with E-state index in [4.69, 9.17) is 10.2 Å². The number of piperidine rings is 1. The molecule has 3 N–H and O–H groups in total. The van der Waals surface area contributed by atoms with Gasteiger partial charge in [-0.1, -0.05) is 0 Å². The number of likely N-dealkylation sites (tertiary alicyclic amines) is 1. The molecule has 1 aliphatic rings. The van der Waals surface area contributed by atoms with Gasteiger partial charge in [0.05, 0.1) is 11.8 Å². The smallest absolute Gasteiger partial charge is 0.309 e. The summed E-state index contributed by atoms with van der Waals surface area (Å²) in [6.45, 7) is 6.78. The second-order valence-electron chi connectivity index (χ2n) is 6.44. The first-order chi connectivity index (χ1) is 9.61. The largest absolute Gasteiger partial charge is 0.481 e. The third-order valence-corrected chi connectivity index (χ3v) is 3.59. The van der Waals surface area contributed by atoms with Crippen LogP contribution in [0.15, 0.2) is 0 Å². The summed E-state index contributed by atoms with van der Waals surface area (Å²) in [5, 5.41) is 21.4. The predicted molar refractivity (Wildman–Crippen MR) is 75.8 cm³/mol. The minimum Gasteiger partial charge on any atom is -0.481 e. The molecule has 1 aliphatic heterocycles. The lowest BCUT2D eigenvalue weighted by Crippen LogP contribution is -2.49. The van der Waals surface area contributed by atoms with Gasteiger partial charge in [0.2, 0.25) is 5.91 Å². The maximum Gasteiger partial charge on any atom is 0.309 e. The molecule has 1 heterocycles. The van der Waals surface area contributed by atoms with Crippen LogP contribution in [0.4, 0.5) is 0 Å². The molecule has 1 saturated heterocycles. The first kappa shape index (κ1) is 17.4. The Hall–Kier alpha value is -1.63. The van der Waals surface area contributed by atoms with Gasteiger partial charge >= 0.3 is 11.9 Å². The number of nitrogens with zero attached hydrogens (tertiary/aromatic N) is 1.